The van der Waals surface area contributed by atoms with Crippen LogP contribution in [0.1, 0.15) is 38.8 Å². The largest absolute Gasteiger partial charge is 0.377 e. The molecule has 1 atom stereocenters. The van der Waals surface area contributed by atoms with Gasteiger partial charge in [-0.15, -0.1) is 0 Å². The average Bonchev–Trinajstić information content (AvgIpc) is 2.30. The molecule has 1 rings (SSSR count). The highest BCUT2D eigenvalue weighted by atomic mass is 79.9. The highest BCUT2D eigenvalue weighted by Gasteiger charge is 2.18. The lowest BCUT2D eigenvalue weighted by Crippen LogP contribution is -2.38. The average molecular weight is 300 g/mol. The molecule has 0 aromatic heterocycles. The van der Waals surface area contributed by atoms with Gasteiger partial charge in [-0.25, -0.2) is 0 Å². The van der Waals surface area contributed by atoms with Crippen LogP contribution in [0.3, 0.4) is 0 Å². The molecule has 0 fully saturated rings. The molecule has 1 unspecified atom stereocenters. The minimum absolute atomic E-state index is 0.126. The fourth-order valence-electron chi connectivity index (χ4n) is 1.66. The van der Waals surface area contributed by atoms with E-state index in [4.69, 9.17) is 4.74 Å². The van der Waals surface area contributed by atoms with Gasteiger partial charge in [0.05, 0.1) is 5.60 Å². The quantitative estimate of drug-likeness (QED) is 0.860. The van der Waals surface area contributed by atoms with Crippen LogP contribution in [0.4, 0.5) is 0 Å². The first kappa shape index (κ1) is 14.7. The van der Waals surface area contributed by atoms with Crippen LogP contribution in [0.5, 0.6) is 0 Å². The van der Waals surface area contributed by atoms with Crippen molar-refractivity contribution in [3.63, 3.8) is 0 Å². The van der Waals surface area contributed by atoms with Gasteiger partial charge >= 0.3 is 0 Å². The van der Waals surface area contributed by atoms with Crippen molar-refractivity contribution in [2.75, 3.05) is 13.7 Å². The summed E-state index contributed by atoms with van der Waals surface area (Å²) in [4.78, 5) is 0. The molecule has 0 amide bonds. The molecule has 0 radical (unpaired) electrons. The Balaban J connectivity index is 2.66. The number of nitrogens with one attached hydrogen (secondary N) is 1. The molecule has 0 aliphatic carbocycles. The number of hydrogen-bond donors (Lipinski definition) is 1. The Bertz CT molecular complexity index is 352. The summed E-state index contributed by atoms with van der Waals surface area (Å²) >= 11 is 3.51. The van der Waals surface area contributed by atoms with Gasteiger partial charge in [-0.1, -0.05) is 35.0 Å². The highest BCUT2D eigenvalue weighted by molar-refractivity contribution is 9.10. The zero-order valence-electron chi connectivity index (χ0n) is 11.1. The van der Waals surface area contributed by atoms with Crippen LogP contribution >= 0.6 is 15.9 Å². The molecule has 96 valence electrons. The fourth-order valence-corrected chi connectivity index (χ4v) is 2.08. The van der Waals surface area contributed by atoms with E-state index in [0.717, 1.165) is 17.4 Å². The van der Waals surface area contributed by atoms with Gasteiger partial charge in [0.1, 0.15) is 0 Å². The van der Waals surface area contributed by atoms with Crippen molar-refractivity contribution in [2.24, 2.45) is 0 Å². The molecular formula is C14H22BrNO. The second kappa shape index (κ2) is 6.53. The third kappa shape index (κ3) is 4.78. The van der Waals surface area contributed by atoms with E-state index in [1.165, 1.54) is 5.56 Å². The molecule has 1 N–H and O–H groups in total. The molecule has 0 bridgehead atoms. The Kier molecular flexibility index (Phi) is 5.63. The van der Waals surface area contributed by atoms with E-state index in [0.29, 0.717) is 6.04 Å². The molecular weight excluding hydrogens is 278 g/mol. The molecule has 3 heteroatoms. The molecule has 1 aromatic rings. The van der Waals surface area contributed by atoms with Crippen molar-refractivity contribution in [3.8, 4) is 0 Å². The molecule has 17 heavy (non-hydrogen) atoms. The lowest BCUT2D eigenvalue weighted by Gasteiger charge is -2.27. The number of benzene rings is 1. The summed E-state index contributed by atoms with van der Waals surface area (Å²) in [6, 6.07) is 8.83. The predicted molar refractivity (Wildman–Crippen MR) is 76.3 cm³/mol. The standard InChI is InChI=1S/C14H22BrNO/c1-5-13(16-10-14(2,3)17-4)11-7-6-8-12(15)9-11/h6-9,13,16H,5,10H2,1-4H3. The van der Waals surface area contributed by atoms with Crippen molar-refractivity contribution in [1.29, 1.82) is 0 Å². The minimum Gasteiger partial charge on any atom is -0.377 e. The Morgan fingerprint density at radius 1 is 1.41 bits per heavy atom. The Labute approximate surface area is 113 Å². The van der Waals surface area contributed by atoms with Crippen molar-refractivity contribution in [1.82, 2.24) is 5.32 Å². The maximum atomic E-state index is 5.42. The second-order valence-electron chi connectivity index (χ2n) is 4.86. The van der Waals surface area contributed by atoms with Gasteiger partial charge in [0.25, 0.3) is 0 Å². The third-order valence-electron chi connectivity index (χ3n) is 2.99. The van der Waals surface area contributed by atoms with Gasteiger partial charge < -0.3 is 10.1 Å². The number of halogens is 1. The van der Waals surface area contributed by atoms with E-state index in [1.807, 2.05) is 0 Å². The van der Waals surface area contributed by atoms with E-state index in [1.54, 1.807) is 7.11 Å². The lowest BCUT2D eigenvalue weighted by atomic mass is 10.0. The minimum atomic E-state index is -0.126. The topological polar surface area (TPSA) is 21.3 Å². The van der Waals surface area contributed by atoms with Crippen molar-refractivity contribution >= 4 is 15.9 Å². The second-order valence-corrected chi connectivity index (χ2v) is 5.78. The van der Waals surface area contributed by atoms with Gasteiger partial charge in [-0.05, 0) is 38.0 Å². The van der Waals surface area contributed by atoms with Crippen LogP contribution in [-0.2, 0) is 4.74 Å². The summed E-state index contributed by atoms with van der Waals surface area (Å²) < 4.78 is 6.55. The molecule has 0 aliphatic heterocycles. The summed E-state index contributed by atoms with van der Waals surface area (Å²) in [5, 5.41) is 3.56. The first-order chi connectivity index (χ1) is 7.98. The van der Waals surface area contributed by atoms with Crippen LogP contribution in [0.2, 0.25) is 0 Å². The number of rotatable bonds is 6. The van der Waals surface area contributed by atoms with Crippen LogP contribution in [0, 0.1) is 0 Å². The van der Waals surface area contributed by atoms with Gasteiger partial charge in [-0.2, -0.15) is 0 Å². The van der Waals surface area contributed by atoms with E-state index in [-0.39, 0.29) is 5.60 Å². The maximum absolute atomic E-state index is 5.42. The molecule has 2 nitrogen and oxygen atoms in total. The molecule has 0 saturated heterocycles. The number of hydrogen-bond acceptors (Lipinski definition) is 2. The normalized spacial score (nSPS) is 13.7. The summed E-state index contributed by atoms with van der Waals surface area (Å²) in [6.45, 7) is 7.22. The fraction of sp³-hybridized carbons (Fsp3) is 0.571. The molecule has 0 heterocycles. The van der Waals surface area contributed by atoms with E-state index >= 15 is 0 Å². The van der Waals surface area contributed by atoms with Gasteiger partial charge in [0.2, 0.25) is 0 Å². The Morgan fingerprint density at radius 3 is 2.65 bits per heavy atom. The zero-order valence-corrected chi connectivity index (χ0v) is 12.7. The van der Waals surface area contributed by atoms with Gasteiger partial charge in [-0.3, -0.25) is 0 Å². The van der Waals surface area contributed by atoms with Crippen molar-refractivity contribution < 1.29 is 4.74 Å². The third-order valence-corrected chi connectivity index (χ3v) is 3.48. The summed E-state index contributed by atoms with van der Waals surface area (Å²) in [7, 11) is 1.75. The Morgan fingerprint density at radius 2 is 2.12 bits per heavy atom. The summed E-state index contributed by atoms with van der Waals surface area (Å²) in [6.07, 6.45) is 1.07. The first-order valence-corrected chi connectivity index (χ1v) is 6.82. The molecule has 1 aromatic carbocycles. The number of methoxy groups -OCH3 is 1. The molecule has 0 saturated carbocycles. The van der Waals surface area contributed by atoms with Crippen LogP contribution in [0.15, 0.2) is 28.7 Å². The SMILES string of the molecule is CCC(NCC(C)(C)OC)c1cccc(Br)c1. The lowest BCUT2D eigenvalue weighted by molar-refractivity contribution is 0.0209. The van der Waals surface area contributed by atoms with E-state index < -0.39 is 0 Å². The van der Waals surface area contributed by atoms with E-state index in [2.05, 4.69) is 66.3 Å². The zero-order chi connectivity index (χ0) is 12.9. The molecule has 0 aliphatic rings. The summed E-state index contributed by atoms with van der Waals surface area (Å²) in [5.41, 5.74) is 1.19. The van der Waals surface area contributed by atoms with Crippen molar-refractivity contribution in [2.45, 2.75) is 38.8 Å². The number of ether oxygens (including phenoxy) is 1. The highest BCUT2D eigenvalue weighted by Crippen LogP contribution is 2.21. The van der Waals surface area contributed by atoms with Crippen LogP contribution < -0.4 is 5.32 Å². The van der Waals surface area contributed by atoms with Crippen LogP contribution in [-0.4, -0.2) is 19.3 Å². The van der Waals surface area contributed by atoms with Gasteiger partial charge in [0, 0.05) is 24.2 Å². The Hall–Kier alpha value is -0.380. The maximum Gasteiger partial charge on any atom is 0.0746 e. The molecule has 0 spiro atoms. The van der Waals surface area contributed by atoms with Crippen molar-refractivity contribution in [3.05, 3.63) is 34.3 Å². The monoisotopic (exact) mass is 299 g/mol. The van der Waals surface area contributed by atoms with Crippen LogP contribution in [0.25, 0.3) is 0 Å². The summed E-state index contributed by atoms with van der Waals surface area (Å²) in [5.74, 6) is 0. The van der Waals surface area contributed by atoms with E-state index in [9.17, 15) is 0 Å². The van der Waals surface area contributed by atoms with Gasteiger partial charge in [0.15, 0.2) is 0 Å². The smallest absolute Gasteiger partial charge is 0.0746 e. The first-order valence-electron chi connectivity index (χ1n) is 6.02. The predicted octanol–water partition coefficient (Wildman–Crippen LogP) is 3.91.